The number of rotatable bonds is 2. The normalized spacial score (nSPS) is 34.6. The van der Waals surface area contributed by atoms with Crippen LogP contribution in [0.15, 0.2) is 23.4 Å². The van der Waals surface area contributed by atoms with Crippen molar-refractivity contribution >= 4 is 0 Å². The van der Waals surface area contributed by atoms with Crippen molar-refractivity contribution in [3.63, 3.8) is 0 Å². The Kier molecular flexibility index (Phi) is 3.36. The quantitative estimate of drug-likeness (QED) is 0.620. The molecule has 2 aliphatic carbocycles. The van der Waals surface area contributed by atoms with Crippen molar-refractivity contribution < 1.29 is 5.11 Å². The molecule has 0 amide bonds. The van der Waals surface area contributed by atoms with E-state index in [1.165, 1.54) is 17.6 Å². The Morgan fingerprint density at radius 1 is 1.44 bits per heavy atom. The second-order valence-corrected chi connectivity index (χ2v) is 5.07. The zero-order valence-corrected chi connectivity index (χ0v) is 10.00. The molecule has 0 spiro atoms. The van der Waals surface area contributed by atoms with Crippen LogP contribution in [0.25, 0.3) is 0 Å². The molecule has 0 saturated heterocycles. The van der Waals surface area contributed by atoms with E-state index in [-0.39, 0.29) is 18.2 Å². The largest absolute Gasteiger partial charge is 0.391 e. The summed E-state index contributed by atoms with van der Waals surface area (Å²) in [5.74, 6) is 0. The maximum absolute atomic E-state index is 10.1. The number of aliphatic hydroxyl groups is 1. The Hall–Kier alpha value is -0.800. The molecule has 0 aliphatic heterocycles. The molecule has 4 N–H and O–H groups in total. The lowest BCUT2D eigenvalue weighted by atomic mass is 9.75. The van der Waals surface area contributed by atoms with Crippen molar-refractivity contribution in [3.8, 4) is 0 Å². The highest BCUT2D eigenvalue weighted by Gasteiger charge is 2.34. The van der Waals surface area contributed by atoms with Crippen LogP contribution in [-0.4, -0.2) is 23.3 Å². The van der Waals surface area contributed by atoms with Gasteiger partial charge in [-0.1, -0.05) is 12.2 Å². The van der Waals surface area contributed by atoms with Crippen LogP contribution in [0.1, 0.15) is 39.0 Å². The molecule has 0 saturated carbocycles. The molecule has 2 rings (SSSR count). The maximum Gasteiger partial charge on any atom is 0.0783 e. The van der Waals surface area contributed by atoms with Gasteiger partial charge >= 0.3 is 0 Å². The van der Waals surface area contributed by atoms with Crippen LogP contribution in [0.2, 0.25) is 0 Å². The number of hydrogen-bond acceptors (Lipinski definition) is 3. The van der Waals surface area contributed by atoms with E-state index >= 15 is 0 Å². The summed E-state index contributed by atoms with van der Waals surface area (Å²) in [6.07, 6.45) is 4.93. The second-order valence-electron chi connectivity index (χ2n) is 5.07. The highest BCUT2D eigenvalue weighted by Crippen LogP contribution is 2.35. The zero-order chi connectivity index (χ0) is 11.7. The van der Waals surface area contributed by atoms with Gasteiger partial charge in [0.15, 0.2) is 0 Å². The molecule has 90 valence electrons. The fourth-order valence-electron chi connectivity index (χ4n) is 2.95. The van der Waals surface area contributed by atoms with Gasteiger partial charge in [-0.2, -0.15) is 0 Å². The fraction of sp³-hybridized carbons (Fsp3) is 0.692. The molecule has 0 aromatic rings. The van der Waals surface area contributed by atoms with Crippen LogP contribution in [0, 0.1) is 0 Å². The van der Waals surface area contributed by atoms with Crippen molar-refractivity contribution in [2.75, 3.05) is 0 Å². The molecular formula is C13H22N2O. The fourth-order valence-corrected chi connectivity index (χ4v) is 2.95. The molecule has 0 aromatic carbocycles. The summed E-state index contributed by atoms with van der Waals surface area (Å²) in [6.45, 7) is 5.79. The molecule has 0 aromatic heterocycles. The van der Waals surface area contributed by atoms with Crippen molar-refractivity contribution in [1.29, 1.82) is 0 Å². The summed E-state index contributed by atoms with van der Waals surface area (Å²) in [6, 6.07) is 0.118. The van der Waals surface area contributed by atoms with Gasteiger partial charge in [-0.25, -0.2) is 0 Å². The zero-order valence-electron chi connectivity index (χ0n) is 10.00. The Morgan fingerprint density at radius 2 is 2.19 bits per heavy atom. The first-order valence-corrected chi connectivity index (χ1v) is 6.17. The van der Waals surface area contributed by atoms with E-state index < -0.39 is 0 Å². The van der Waals surface area contributed by atoms with Gasteiger partial charge in [-0.15, -0.1) is 0 Å². The van der Waals surface area contributed by atoms with Gasteiger partial charge in [0.2, 0.25) is 0 Å². The molecule has 2 aliphatic rings. The number of allylic oxidation sites excluding steroid dienone is 2. The predicted octanol–water partition coefficient (Wildman–Crippen LogP) is 1.44. The van der Waals surface area contributed by atoms with E-state index in [1.807, 2.05) is 6.92 Å². The lowest BCUT2D eigenvalue weighted by Crippen LogP contribution is -2.49. The minimum Gasteiger partial charge on any atom is -0.391 e. The molecule has 0 radical (unpaired) electrons. The summed E-state index contributed by atoms with van der Waals surface area (Å²) in [5, 5.41) is 13.4. The SMILES string of the molecule is C=C(C)NC1C2=C(CCCC2N)CCC1O. The van der Waals surface area contributed by atoms with Crippen LogP contribution in [0.4, 0.5) is 0 Å². The summed E-state index contributed by atoms with van der Waals surface area (Å²) in [4.78, 5) is 0. The smallest absolute Gasteiger partial charge is 0.0783 e. The molecular weight excluding hydrogens is 200 g/mol. The van der Waals surface area contributed by atoms with Gasteiger partial charge in [0.25, 0.3) is 0 Å². The molecule has 0 heterocycles. The lowest BCUT2D eigenvalue weighted by Gasteiger charge is -2.39. The Labute approximate surface area is 97.4 Å². The van der Waals surface area contributed by atoms with Gasteiger partial charge in [0.1, 0.15) is 0 Å². The summed E-state index contributed by atoms with van der Waals surface area (Å²) >= 11 is 0. The van der Waals surface area contributed by atoms with E-state index in [4.69, 9.17) is 5.73 Å². The van der Waals surface area contributed by atoms with Crippen LogP contribution >= 0.6 is 0 Å². The van der Waals surface area contributed by atoms with E-state index in [9.17, 15) is 5.11 Å². The number of nitrogens with one attached hydrogen (secondary N) is 1. The standard InChI is InChI=1S/C13H22N2O/c1-8(2)15-13-11(16)7-6-9-4-3-5-10(14)12(9)13/h10-11,13,15-16H,1,3-7,14H2,2H3. The van der Waals surface area contributed by atoms with E-state index in [2.05, 4.69) is 11.9 Å². The van der Waals surface area contributed by atoms with Crippen molar-refractivity contribution in [2.24, 2.45) is 5.73 Å². The van der Waals surface area contributed by atoms with E-state index in [0.717, 1.165) is 31.4 Å². The average molecular weight is 222 g/mol. The van der Waals surface area contributed by atoms with Crippen LogP contribution in [0.3, 0.4) is 0 Å². The predicted molar refractivity (Wildman–Crippen MR) is 65.8 cm³/mol. The second kappa shape index (κ2) is 4.60. The minimum absolute atomic E-state index is 0.00319. The highest BCUT2D eigenvalue weighted by atomic mass is 16.3. The van der Waals surface area contributed by atoms with Gasteiger partial charge in [-0.05, 0) is 44.6 Å². The van der Waals surface area contributed by atoms with Crippen LogP contribution in [-0.2, 0) is 0 Å². The first kappa shape index (κ1) is 11.7. The van der Waals surface area contributed by atoms with Gasteiger partial charge in [-0.3, -0.25) is 0 Å². The van der Waals surface area contributed by atoms with Gasteiger partial charge in [0, 0.05) is 11.7 Å². The van der Waals surface area contributed by atoms with E-state index in [0.29, 0.717) is 0 Å². The average Bonchev–Trinajstić information content (AvgIpc) is 2.22. The number of aliphatic hydroxyl groups excluding tert-OH is 1. The Bertz CT molecular complexity index is 322. The maximum atomic E-state index is 10.1. The molecule has 0 fully saturated rings. The monoisotopic (exact) mass is 222 g/mol. The van der Waals surface area contributed by atoms with Crippen molar-refractivity contribution in [2.45, 2.75) is 57.2 Å². The molecule has 16 heavy (non-hydrogen) atoms. The number of nitrogens with two attached hydrogens (primary N) is 1. The topological polar surface area (TPSA) is 58.3 Å². The third-order valence-corrected chi connectivity index (χ3v) is 3.67. The summed E-state index contributed by atoms with van der Waals surface area (Å²) in [5.41, 5.74) is 9.81. The third kappa shape index (κ3) is 2.15. The first-order chi connectivity index (χ1) is 7.59. The van der Waals surface area contributed by atoms with Crippen LogP contribution in [0.5, 0.6) is 0 Å². The number of hydrogen-bond donors (Lipinski definition) is 3. The molecule has 3 heteroatoms. The third-order valence-electron chi connectivity index (χ3n) is 3.67. The molecule has 3 unspecified atom stereocenters. The molecule has 0 bridgehead atoms. The van der Waals surface area contributed by atoms with Crippen molar-refractivity contribution in [1.82, 2.24) is 5.32 Å². The Balaban J connectivity index is 2.27. The van der Waals surface area contributed by atoms with Crippen LogP contribution < -0.4 is 11.1 Å². The summed E-state index contributed by atoms with van der Waals surface area (Å²) in [7, 11) is 0. The summed E-state index contributed by atoms with van der Waals surface area (Å²) < 4.78 is 0. The van der Waals surface area contributed by atoms with Gasteiger partial charge < -0.3 is 16.2 Å². The van der Waals surface area contributed by atoms with E-state index in [1.54, 1.807) is 0 Å². The lowest BCUT2D eigenvalue weighted by molar-refractivity contribution is 0.123. The molecule has 3 atom stereocenters. The van der Waals surface area contributed by atoms with Crippen molar-refractivity contribution in [3.05, 3.63) is 23.4 Å². The minimum atomic E-state index is -0.320. The first-order valence-electron chi connectivity index (χ1n) is 6.17. The highest BCUT2D eigenvalue weighted by molar-refractivity contribution is 5.32. The molecule has 3 nitrogen and oxygen atoms in total. The Morgan fingerprint density at radius 3 is 2.88 bits per heavy atom. The van der Waals surface area contributed by atoms with Gasteiger partial charge in [0.05, 0.1) is 12.1 Å².